The second-order valence-corrected chi connectivity index (χ2v) is 8.31. The van der Waals surface area contributed by atoms with E-state index in [0.717, 1.165) is 32.1 Å². The van der Waals surface area contributed by atoms with E-state index in [1.807, 2.05) is 25.7 Å². The molecule has 1 amide bonds. The van der Waals surface area contributed by atoms with Gasteiger partial charge in [-0.15, -0.1) is 0 Å². The van der Waals surface area contributed by atoms with Gasteiger partial charge in [0.15, 0.2) is 0 Å². The quantitative estimate of drug-likeness (QED) is 0.550. The van der Waals surface area contributed by atoms with Crippen LogP contribution in [0.3, 0.4) is 0 Å². The second-order valence-electron chi connectivity index (χ2n) is 8.31. The summed E-state index contributed by atoms with van der Waals surface area (Å²) in [4.78, 5) is 15.9. The van der Waals surface area contributed by atoms with E-state index in [2.05, 4.69) is 10.2 Å². The Morgan fingerprint density at radius 2 is 1.76 bits per heavy atom. The van der Waals surface area contributed by atoms with Crippen LogP contribution in [0.15, 0.2) is 18.2 Å². The number of nitrogens with two attached hydrogens (primary N) is 1. The molecule has 0 saturated carbocycles. The monoisotopic (exact) mass is 416 g/mol. The van der Waals surface area contributed by atoms with Crippen LogP contribution in [-0.2, 0) is 17.5 Å². The summed E-state index contributed by atoms with van der Waals surface area (Å²) in [5, 5.41) is 2.73. The molecule has 0 unspecified atom stereocenters. The van der Waals surface area contributed by atoms with Crippen molar-refractivity contribution in [2.45, 2.75) is 45.5 Å². The lowest BCUT2D eigenvalue weighted by Crippen LogP contribution is -2.46. The number of hydrogen-bond acceptors (Lipinski definition) is 5. The first-order valence-corrected chi connectivity index (χ1v) is 9.81. The molecule has 6 nitrogen and oxygen atoms in total. The van der Waals surface area contributed by atoms with Gasteiger partial charge in [0.05, 0.1) is 5.56 Å². The fourth-order valence-electron chi connectivity index (χ4n) is 3.22. The number of nitrogen functional groups attached to an aromatic ring is 1. The molecule has 1 aromatic carbocycles. The van der Waals surface area contributed by atoms with Crippen molar-refractivity contribution >= 4 is 11.8 Å². The summed E-state index contributed by atoms with van der Waals surface area (Å²) >= 11 is 0. The van der Waals surface area contributed by atoms with Crippen molar-refractivity contribution in [2.75, 3.05) is 45.0 Å². The van der Waals surface area contributed by atoms with E-state index in [9.17, 15) is 18.0 Å². The number of benzene rings is 1. The van der Waals surface area contributed by atoms with Gasteiger partial charge in [-0.25, -0.2) is 4.79 Å². The number of rotatable bonds is 6. The number of nitrogens with one attached hydrogen (secondary N) is 1. The smallest absolute Gasteiger partial charge is 0.416 e. The van der Waals surface area contributed by atoms with Crippen LogP contribution in [0, 0.1) is 0 Å². The number of ether oxygens (including phenoxy) is 1. The SMILES string of the molecule is CC(C)(C)OC(=O)NCCCN1CCN(Cc2ccc(N)cc2C(F)(F)F)CC1. The van der Waals surface area contributed by atoms with E-state index < -0.39 is 23.4 Å². The van der Waals surface area contributed by atoms with Crippen molar-refractivity contribution in [2.24, 2.45) is 0 Å². The summed E-state index contributed by atoms with van der Waals surface area (Å²) in [6, 6.07) is 3.98. The predicted molar refractivity (Wildman–Crippen MR) is 106 cm³/mol. The third-order valence-corrected chi connectivity index (χ3v) is 4.62. The van der Waals surface area contributed by atoms with Gasteiger partial charge in [-0.1, -0.05) is 6.07 Å². The van der Waals surface area contributed by atoms with Crippen molar-refractivity contribution in [3.8, 4) is 0 Å². The van der Waals surface area contributed by atoms with Gasteiger partial charge in [-0.3, -0.25) is 4.90 Å². The molecule has 29 heavy (non-hydrogen) atoms. The molecule has 2 rings (SSSR count). The van der Waals surface area contributed by atoms with Crippen LogP contribution in [0.25, 0.3) is 0 Å². The molecule has 1 aliphatic rings. The van der Waals surface area contributed by atoms with Gasteiger partial charge in [0.2, 0.25) is 0 Å². The molecule has 1 heterocycles. The number of piperazine rings is 1. The summed E-state index contributed by atoms with van der Waals surface area (Å²) in [6.07, 6.45) is -4.05. The molecule has 1 saturated heterocycles. The number of anilines is 1. The van der Waals surface area contributed by atoms with Crippen molar-refractivity contribution in [3.63, 3.8) is 0 Å². The maximum atomic E-state index is 13.2. The number of hydrogen-bond donors (Lipinski definition) is 2. The average molecular weight is 416 g/mol. The molecule has 0 atom stereocenters. The molecule has 1 aromatic rings. The van der Waals surface area contributed by atoms with Crippen LogP contribution in [0.5, 0.6) is 0 Å². The van der Waals surface area contributed by atoms with Crippen LogP contribution < -0.4 is 11.1 Å². The molecule has 1 fully saturated rings. The van der Waals surface area contributed by atoms with Gasteiger partial charge < -0.3 is 20.7 Å². The molecule has 0 aliphatic carbocycles. The van der Waals surface area contributed by atoms with Gasteiger partial charge in [-0.2, -0.15) is 13.2 Å². The van der Waals surface area contributed by atoms with Crippen molar-refractivity contribution in [1.29, 1.82) is 0 Å². The summed E-state index contributed by atoms with van der Waals surface area (Å²) in [5.41, 5.74) is 4.72. The molecule has 0 bridgehead atoms. The highest BCUT2D eigenvalue weighted by Crippen LogP contribution is 2.34. The highest BCUT2D eigenvalue weighted by atomic mass is 19.4. The number of carbonyl (C=O) groups is 1. The summed E-state index contributed by atoms with van der Waals surface area (Å²) in [6.45, 7) is 9.99. The van der Waals surface area contributed by atoms with Crippen molar-refractivity contribution in [3.05, 3.63) is 29.3 Å². The minimum atomic E-state index is -4.41. The number of amides is 1. The Bertz CT molecular complexity index is 681. The molecular formula is C20H31F3N4O2. The zero-order valence-corrected chi connectivity index (χ0v) is 17.3. The van der Waals surface area contributed by atoms with Gasteiger partial charge in [0.25, 0.3) is 0 Å². The average Bonchev–Trinajstić information content (AvgIpc) is 2.59. The predicted octanol–water partition coefficient (Wildman–Crippen LogP) is 3.32. The molecule has 0 radical (unpaired) electrons. The Kier molecular flexibility index (Phi) is 7.76. The summed E-state index contributed by atoms with van der Waals surface area (Å²) in [7, 11) is 0. The number of alkyl carbamates (subject to hydrolysis) is 1. The van der Waals surface area contributed by atoms with Gasteiger partial charge >= 0.3 is 12.3 Å². The fraction of sp³-hybridized carbons (Fsp3) is 0.650. The Labute approximate surface area is 170 Å². The normalized spacial score (nSPS) is 16.6. The maximum absolute atomic E-state index is 13.2. The molecule has 164 valence electrons. The Morgan fingerprint density at radius 1 is 1.14 bits per heavy atom. The fourth-order valence-corrected chi connectivity index (χ4v) is 3.22. The molecule has 3 N–H and O–H groups in total. The molecule has 1 aliphatic heterocycles. The third-order valence-electron chi connectivity index (χ3n) is 4.62. The lowest BCUT2D eigenvalue weighted by Gasteiger charge is -2.35. The largest absolute Gasteiger partial charge is 0.444 e. The Morgan fingerprint density at radius 3 is 2.34 bits per heavy atom. The highest BCUT2D eigenvalue weighted by Gasteiger charge is 2.34. The van der Waals surface area contributed by atoms with Crippen LogP contribution in [-0.4, -0.2) is 60.8 Å². The zero-order chi connectivity index (χ0) is 21.7. The number of halogens is 3. The van der Waals surface area contributed by atoms with E-state index in [1.54, 1.807) is 0 Å². The van der Waals surface area contributed by atoms with Gasteiger partial charge in [-0.05, 0) is 51.4 Å². The Hall–Kier alpha value is -2.00. The maximum Gasteiger partial charge on any atom is 0.416 e. The standard InChI is InChI=1S/C20H31F3N4O2/c1-19(2,3)29-18(28)25-7-4-8-26-9-11-27(12-10-26)14-15-5-6-16(24)13-17(15)20(21,22)23/h5-6,13H,4,7-12,14,24H2,1-3H3,(H,25,28). The number of nitrogens with zero attached hydrogens (tertiary/aromatic N) is 2. The highest BCUT2D eigenvalue weighted by molar-refractivity contribution is 5.67. The molecule has 9 heteroatoms. The minimum Gasteiger partial charge on any atom is -0.444 e. The lowest BCUT2D eigenvalue weighted by atomic mass is 10.0. The van der Waals surface area contributed by atoms with Crippen molar-refractivity contribution < 1.29 is 22.7 Å². The van der Waals surface area contributed by atoms with Gasteiger partial charge in [0, 0.05) is 45.0 Å². The van der Waals surface area contributed by atoms with Crippen LogP contribution in [0.1, 0.15) is 38.3 Å². The van der Waals surface area contributed by atoms with Crippen molar-refractivity contribution in [1.82, 2.24) is 15.1 Å². The molecule has 0 aromatic heterocycles. The van der Waals surface area contributed by atoms with E-state index in [0.29, 0.717) is 19.6 Å². The van der Waals surface area contributed by atoms with Crippen LogP contribution in [0.4, 0.5) is 23.7 Å². The summed E-state index contributed by atoms with van der Waals surface area (Å²) < 4.78 is 44.9. The van der Waals surface area contributed by atoms with Gasteiger partial charge in [0.1, 0.15) is 5.60 Å². The van der Waals surface area contributed by atoms with E-state index >= 15 is 0 Å². The van der Waals surface area contributed by atoms with Crippen LogP contribution >= 0.6 is 0 Å². The first kappa shape index (κ1) is 23.3. The van der Waals surface area contributed by atoms with E-state index in [-0.39, 0.29) is 17.8 Å². The number of alkyl halides is 3. The Balaban J connectivity index is 1.73. The lowest BCUT2D eigenvalue weighted by molar-refractivity contribution is -0.138. The van der Waals surface area contributed by atoms with Crippen LogP contribution in [0.2, 0.25) is 0 Å². The zero-order valence-electron chi connectivity index (χ0n) is 17.3. The third kappa shape index (κ3) is 8.10. The second kappa shape index (κ2) is 9.67. The molecule has 0 spiro atoms. The number of carbonyl (C=O) groups excluding carboxylic acids is 1. The first-order chi connectivity index (χ1) is 13.4. The van der Waals surface area contributed by atoms with E-state index in [1.165, 1.54) is 12.1 Å². The van der Waals surface area contributed by atoms with E-state index in [4.69, 9.17) is 10.5 Å². The first-order valence-electron chi connectivity index (χ1n) is 9.81. The summed E-state index contributed by atoms with van der Waals surface area (Å²) in [5.74, 6) is 0. The molecular weight excluding hydrogens is 385 g/mol. The minimum absolute atomic E-state index is 0.117. The topological polar surface area (TPSA) is 70.8 Å².